The Morgan fingerprint density at radius 2 is 2.05 bits per heavy atom. The van der Waals surface area contributed by atoms with E-state index in [1.807, 2.05) is 30.3 Å². The lowest BCUT2D eigenvalue weighted by molar-refractivity contribution is 0.0996. The molecule has 5 heteroatoms. The highest BCUT2D eigenvalue weighted by atomic mass is 16.5. The van der Waals surface area contributed by atoms with Crippen LogP contribution in [0.25, 0.3) is 0 Å². The molecule has 4 atom stereocenters. The van der Waals surface area contributed by atoms with Gasteiger partial charge in [-0.1, -0.05) is 35.5 Å². The molecule has 2 aliphatic rings. The minimum Gasteiger partial charge on any atom is -0.374 e. The first-order valence-corrected chi connectivity index (χ1v) is 7.11. The van der Waals surface area contributed by atoms with E-state index >= 15 is 0 Å². The fraction of sp³-hybridized carbons (Fsp3) is 0.467. The van der Waals surface area contributed by atoms with Gasteiger partial charge in [-0.2, -0.15) is 4.98 Å². The Balaban J connectivity index is 1.56. The molecular weight excluding hydrogens is 254 g/mol. The number of aromatic nitrogens is 2. The Hall–Kier alpha value is -1.72. The predicted molar refractivity (Wildman–Crippen MR) is 72.0 cm³/mol. The van der Waals surface area contributed by atoms with Gasteiger partial charge in [0.05, 0.1) is 18.1 Å². The molecule has 2 aliphatic heterocycles. The van der Waals surface area contributed by atoms with Gasteiger partial charge in [-0.05, 0) is 24.8 Å². The van der Waals surface area contributed by atoms with Gasteiger partial charge in [0.2, 0.25) is 5.89 Å². The Labute approximate surface area is 117 Å². The molecule has 0 amide bonds. The quantitative estimate of drug-likeness (QED) is 0.925. The maximum atomic E-state index is 6.18. The van der Waals surface area contributed by atoms with Crippen LogP contribution in [0.2, 0.25) is 0 Å². The second kappa shape index (κ2) is 4.68. The van der Waals surface area contributed by atoms with Crippen molar-refractivity contribution in [2.75, 3.05) is 0 Å². The van der Waals surface area contributed by atoms with Crippen molar-refractivity contribution in [3.8, 4) is 0 Å². The SMILES string of the molecule is N[C@@H](c1ccccc1)c1nc(C2CC3CCC2O3)no1. The summed E-state index contributed by atoms with van der Waals surface area (Å²) in [5.74, 6) is 1.50. The van der Waals surface area contributed by atoms with E-state index in [1.165, 1.54) is 0 Å². The molecule has 2 bridgehead atoms. The smallest absolute Gasteiger partial charge is 0.248 e. The molecule has 0 aliphatic carbocycles. The first-order chi connectivity index (χ1) is 9.81. The van der Waals surface area contributed by atoms with Crippen LogP contribution in [0.5, 0.6) is 0 Å². The van der Waals surface area contributed by atoms with Gasteiger partial charge in [0.1, 0.15) is 6.04 Å². The number of benzene rings is 1. The Bertz CT molecular complexity index is 598. The minimum absolute atomic E-state index is 0.262. The molecular formula is C15H17N3O2. The van der Waals surface area contributed by atoms with Crippen molar-refractivity contribution < 1.29 is 9.26 Å². The molecule has 20 heavy (non-hydrogen) atoms. The molecule has 3 heterocycles. The van der Waals surface area contributed by atoms with Gasteiger partial charge in [-0.3, -0.25) is 0 Å². The van der Waals surface area contributed by atoms with Crippen LogP contribution >= 0.6 is 0 Å². The third-order valence-corrected chi connectivity index (χ3v) is 4.32. The zero-order valence-electron chi connectivity index (χ0n) is 11.1. The molecule has 2 N–H and O–H groups in total. The molecule has 2 aromatic rings. The number of hydrogen-bond donors (Lipinski definition) is 1. The average Bonchev–Trinajstić information content (AvgIpc) is 3.23. The molecule has 0 saturated carbocycles. The molecule has 4 rings (SSSR count). The average molecular weight is 271 g/mol. The normalized spacial score (nSPS) is 29.8. The number of nitrogens with zero attached hydrogens (tertiary/aromatic N) is 2. The molecule has 3 unspecified atom stereocenters. The van der Waals surface area contributed by atoms with Gasteiger partial charge < -0.3 is 15.0 Å². The van der Waals surface area contributed by atoms with Crippen LogP contribution in [0, 0.1) is 0 Å². The van der Waals surface area contributed by atoms with Crippen molar-refractivity contribution >= 4 is 0 Å². The van der Waals surface area contributed by atoms with Gasteiger partial charge in [0.25, 0.3) is 0 Å². The van der Waals surface area contributed by atoms with E-state index in [4.69, 9.17) is 15.0 Å². The van der Waals surface area contributed by atoms with Crippen molar-refractivity contribution in [2.45, 2.75) is 43.4 Å². The lowest BCUT2D eigenvalue weighted by Crippen LogP contribution is -2.16. The first kappa shape index (κ1) is 12.1. The molecule has 0 radical (unpaired) electrons. The molecule has 104 valence electrons. The lowest BCUT2D eigenvalue weighted by Gasteiger charge is -2.13. The fourth-order valence-corrected chi connectivity index (χ4v) is 3.24. The van der Waals surface area contributed by atoms with Crippen molar-refractivity contribution in [3.63, 3.8) is 0 Å². The van der Waals surface area contributed by atoms with Crippen LogP contribution in [-0.4, -0.2) is 22.3 Å². The Morgan fingerprint density at radius 1 is 1.20 bits per heavy atom. The third kappa shape index (κ3) is 1.94. The molecule has 5 nitrogen and oxygen atoms in total. The van der Waals surface area contributed by atoms with Crippen molar-refractivity contribution in [1.29, 1.82) is 0 Å². The van der Waals surface area contributed by atoms with Crippen LogP contribution < -0.4 is 5.73 Å². The van der Waals surface area contributed by atoms with Gasteiger partial charge in [-0.25, -0.2) is 0 Å². The Morgan fingerprint density at radius 3 is 2.75 bits per heavy atom. The summed E-state index contributed by atoms with van der Waals surface area (Å²) < 4.78 is 11.2. The summed E-state index contributed by atoms with van der Waals surface area (Å²) >= 11 is 0. The zero-order chi connectivity index (χ0) is 13.5. The van der Waals surface area contributed by atoms with Crippen LogP contribution in [0.1, 0.15) is 48.5 Å². The maximum absolute atomic E-state index is 6.18. The van der Waals surface area contributed by atoms with E-state index < -0.39 is 0 Å². The number of fused-ring (bicyclic) bond motifs is 2. The number of rotatable bonds is 3. The zero-order valence-corrected chi connectivity index (χ0v) is 11.1. The summed E-state index contributed by atoms with van der Waals surface area (Å²) in [6.07, 6.45) is 3.91. The van der Waals surface area contributed by atoms with Crippen molar-refractivity contribution in [1.82, 2.24) is 10.1 Å². The second-order valence-corrected chi connectivity index (χ2v) is 5.60. The first-order valence-electron chi connectivity index (χ1n) is 7.11. The van der Waals surface area contributed by atoms with Crippen molar-refractivity contribution in [3.05, 3.63) is 47.6 Å². The maximum Gasteiger partial charge on any atom is 0.248 e. The summed E-state index contributed by atoms with van der Waals surface area (Å²) in [7, 11) is 0. The van der Waals surface area contributed by atoms with E-state index in [0.29, 0.717) is 12.0 Å². The number of ether oxygens (including phenoxy) is 1. The summed E-state index contributed by atoms with van der Waals surface area (Å²) in [6, 6.07) is 9.44. The number of nitrogens with two attached hydrogens (primary N) is 1. The van der Waals surface area contributed by atoms with Crippen LogP contribution in [-0.2, 0) is 4.74 Å². The predicted octanol–water partition coefficient (Wildman–Crippen LogP) is 2.15. The monoisotopic (exact) mass is 271 g/mol. The van der Waals surface area contributed by atoms with Gasteiger partial charge in [-0.15, -0.1) is 0 Å². The summed E-state index contributed by atoms with van der Waals surface area (Å²) in [6.45, 7) is 0. The third-order valence-electron chi connectivity index (χ3n) is 4.32. The summed E-state index contributed by atoms with van der Waals surface area (Å²) in [4.78, 5) is 4.50. The van der Waals surface area contributed by atoms with E-state index in [9.17, 15) is 0 Å². The fourth-order valence-electron chi connectivity index (χ4n) is 3.24. The van der Waals surface area contributed by atoms with Gasteiger partial charge in [0.15, 0.2) is 5.82 Å². The summed E-state index contributed by atoms with van der Waals surface area (Å²) in [5.41, 5.74) is 7.16. The molecule has 0 spiro atoms. The number of hydrogen-bond acceptors (Lipinski definition) is 5. The highest BCUT2D eigenvalue weighted by Gasteiger charge is 2.43. The molecule has 1 aromatic heterocycles. The van der Waals surface area contributed by atoms with E-state index in [0.717, 1.165) is 30.7 Å². The topological polar surface area (TPSA) is 74.2 Å². The van der Waals surface area contributed by atoms with E-state index in [1.54, 1.807) is 0 Å². The standard InChI is InChI=1S/C15H17N3O2/c16-13(9-4-2-1-3-5-9)15-17-14(18-20-15)11-8-10-6-7-12(11)19-10/h1-5,10-13H,6-8,16H2/t10?,11?,12?,13-/m0/s1. The lowest BCUT2D eigenvalue weighted by atomic mass is 9.89. The molecule has 1 aromatic carbocycles. The van der Waals surface area contributed by atoms with Crippen LogP contribution in [0.4, 0.5) is 0 Å². The highest BCUT2D eigenvalue weighted by Crippen LogP contribution is 2.43. The van der Waals surface area contributed by atoms with Gasteiger partial charge >= 0.3 is 0 Å². The van der Waals surface area contributed by atoms with Gasteiger partial charge in [0, 0.05) is 0 Å². The van der Waals surface area contributed by atoms with Crippen LogP contribution in [0.3, 0.4) is 0 Å². The molecule has 2 fully saturated rings. The Kier molecular flexibility index (Phi) is 2.82. The second-order valence-electron chi connectivity index (χ2n) is 5.60. The summed E-state index contributed by atoms with van der Waals surface area (Å²) in [5, 5.41) is 4.12. The van der Waals surface area contributed by atoms with E-state index in [2.05, 4.69) is 10.1 Å². The minimum atomic E-state index is -0.364. The largest absolute Gasteiger partial charge is 0.374 e. The van der Waals surface area contributed by atoms with Crippen molar-refractivity contribution in [2.24, 2.45) is 5.73 Å². The molecule has 2 saturated heterocycles. The van der Waals surface area contributed by atoms with Crippen LogP contribution in [0.15, 0.2) is 34.9 Å². The highest BCUT2D eigenvalue weighted by molar-refractivity contribution is 5.23. The van der Waals surface area contributed by atoms with E-state index in [-0.39, 0.29) is 18.1 Å².